The molecule has 1 aliphatic rings. The number of para-hydroxylation sites is 1. The predicted octanol–water partition coefficient (Wildman–Crippen LogP) is 0.783. The number of rotatable bonds is 12. The first kappa shape index (κ1) is 27.1. The minimum atomic E-state index is -3.77. The van der Waals surface area contributed by atoms with Gasteiger partial charge < -0.3 is 20.1 Å². The van der Waals surface area contributed by atoms with Gasteiger partial charge >= 0.3 is 0 Å². The number of nitrogens with zero attached hydrogens (tertiary/aromatic N) is 3. The summed E-state index contributed by atoms with van der Waals surface area (Å²) in [7, 11) is 1.49. The number of β-amino-alcohol motifs (C(OH)–C–C–N with tert-alkyl or cyclic N) is 1. The fourth-order valence-corrected chi connectivity index (χ4v) is 5.20. The molecule has 2 aromatic rings. The van der Waals surface area contributed by atoms with Crippen LogP contribution in [0.5, 0.6) is 5.75 Å². The highest BCUT2D eigenvalue weighted by Crippen LogP contribution is 2.26. The minimum Gasteiger partial charge on any atom is -0.482 e. The van der Waals surface area contributed by atoms with Gasteiger partial charge in [0.15, 0.2) is 6.61 Å². The number of aliphatic hydroxyl groups excluding tert-OH is 1. The summed E-state index contributed by atoms with van der Waals surface area (Å²) in [6.45, 7) is 2.73. The average molecular weight is 505 g/mol. The summed E-state index contributed by atoms with van der Waals surface area (Å²) in [6, 6.07) is 14.6. The summed E-state index contributed by atoms with van der Waals surface area (Å²) >= 11 is 0. The van der Waals surface area contributed by atoms with E-state index in [1.807, 2.05) is 31.1 Å². The van der Waals surface area contributed by atoms with Gasteiger partial charge in [-0.2, -0.15) is 4.31 Å². The Labute approximate surface area is 208 Å². The third-order valence-corrected chi connectivity index (χ3v) is 7.87. The molecule has 0 saturated carbocycles. The van der Waals surface area contributed by atoms with Crippen molar-refractivity contribution in [1.29, 1.82) is 0 Å². The lowest BCUT2D eigenvalue weighted by Gasteiger charge is -2.30. The molecule has 0 fully saturated rings. The quantitative estimate of drug-likeness (QED) is 0.441. The van der Waals surface area contributed by atoms with Crippen LogP contribution < -0.4 is 10.1 Å². The Balaban J connectivity index is 1.48. The van der Waals surface area contributed by atoms with E-state index in [0.717, 1.165) is 19.5 Å². The monoisotopic (exact) mass is 504 g/mol. The Morgan fingerprint density at radius 1 is 1.09 bits per heavy atom. The fraction of sp³-hybridized carbons (Fsp3) is 0.480. The summed E-state index contributed by atoms with van der Waals surface area (Å²) in [4.78, 5) is 16.4. The highest BCUT2D eigenvalue weighted by atomic mass is 32.2. The molecule has 0 saturated heterocycles. The van der Waals surface area contributed by atoms with Crippen LogP contribution in [0.4, 0.5) is 0 Å². The second kappa shape index (κ2) is 12.5. The van der Waals surface area contributed by atoms with Crippen LogP contribution in [0, 0.1) is 0 Å². The lowest BCUT2D eigenvalue weighted by Crippen LogP contribution is -2.43. The van der Waals surface area contributed by atoms with Crippen LogP contribution in [0.1, 0.15) is 11.1 Å². The van der Waals surface area contributed by atoms with Crippen LogP contribution in [0.2, 0.25) is 0 Å². The van der Waals surface area contributed by atoms with Gasteiger partial charge in [-0.3, -0.25) is 9.69 Å². The molecule has 0 aliphatic carbocycles. The number of benzene rings is 2. The lowest BCUT2D eigenvalue weighted by atomic mass is 10.00. The first-order valence-corrected chi connectivity index (χ1v) is 13.2. The van der Waals surface area contributed by atoms with Gasteiger partial charge in [-0.05, 0) is 43.8 Å². The second-order valence-corrected chi connectivity index (χ2v) is 11.1. The maximum absolute atomic E-state index is 13.0. The number of hydrogen-bond acceptors (Lipinski definition) is 7. The van der Waals surface area contributed by atoms with E-state index in [2.05, 4.69) is 22.3 Å². The smallest absolute Gasteiger partial charge is 0.258 e. The Kier molecular flexibility index (Phi) is 9.64. The minimum absolute atomic E-state index is 0.0134. The summed E-state index contributed by atoms with van der Waals surface area (Å²) in [5.41, 5.74) is 2.61. The molecular weight excluding hydrogens is 468 g/mol. The molecule has 2 N–H and O–H groups in total. The predicted molar refractivity (Wildman–Crippen MR) is 135 cm³/mol. The van der Waals surface area contributed by atoms with Gasteiger partial charge in [0.1, 0.15) is 10.6 Å². The van der Waals surface area contributed by atoms with Gasteiger partial charge in [0.2, 0.25) is 10.0 Å². The van der Waals surface area contributed by atoms with Gasteiger partial charge in [-0.1, -0.05) is 36.4 Å². The standard InChI is InChI=1S/C25H36N4O5S/c1-27(2)14-15-28(3)35(32,33)24-11-7-6-10-23(24)34-19-25(31)26-16-22(30)18-29-13-12-20-8-4-5-9-21(20)17-29/h4-11,22,30H,12-19H2,1-3H3,(H,26,31). The van der Waals surface area contributed by atoms with Crippen molar-refractivity contribution in [3.05, 3.63) is 59.7 Å². The molecule has 0 spiro atoms. The zero-order valence-corrected chi connectivity index (χ0v) is 21.5. The third kappa shape index (κ3) is 7.74. The number of likely N-dealkylation sites (N-methyl/N-ethyl adjacent to an activating group) is 2. The molecule has 35 heavy (non-hydrogen) atoms. The first-order valence-electron chi connectivity index (χ1n) is 11.7. The second-order valence-electron chi connectivity index (χ2n) is 9.08. The van der Waals surface area contributed by atoms with Crippen molar-refractivity contribution in [3.63, 3.8) is 0 Å². The van der Waals surface area contributed by atoms with Crippen LogP contribution in [-0.2, 0) is 27.8 Å². The van der Waals surface area contributed by atoms with E-state index in [-0.39, 0.29) is 23.8 Å². The van der Waals surface area contributed by atoms with Gasteiger partial charge in [0.25, 0.3) is 5.91 Å². The van der Waals surface area contributed by atoms with E-state index >= 15 is 0 Å². The molecule has 0 aromatic heterocycles. The summed E-state index contributed by atoms with van der Waals surface area (Å²) < 4.78 is 32.8. The molecular formula is C25H36N4O5S. The van der Waals surface area contributed by atoms with E-state index in [1.54, 1.807) is 12.1 Å². The van der Waals surface area contributed by atoms with Gasteiger partial charge in [0.05, 0.1) is 6.10 Å². The molecule has 1 atom stereocenters. The maximum atomic E-state index is 13.0. The largest absolute Gasteiger partial charge is 0.482 e. The summed E-state index contributed by atoms with van der Waals surface area (Å²) in [5, 5.41) is 13.1. The number of aliphatic hydroxyl groups is 1. The van der Waals surface area contributed by atoms with E-state index in [0.29, 0.717) is 19.6 Å². The Morgan fingerprint density at radius 2 is 1.77 bits per heavy atom. The summed E-state index contributed by atoms with van der Waals surface area (Å²) in [6.07, 6.45) is 0.220. The van der Waals surface area contributed by atoms with E-state index in [1.165, 1.54) is 34.6 Å². The maximum Gasteiger partial charge on any atom is 0.258 e. The number of hydrogen-bond donors (Lipinski definition) is 2. The van der Waals surface area contributed by atoms with Crippen LogP contribution in [-0.4, -0.2) is 100 Å². The van der Waals surface area contributed by atoms with Crippen molar-refractivity contribution in [2.45, 2.75) is 24.0 Å². The summed E-state index contributed by atoms with van der Waals surface area (Å²) in [5.74, 6) is -0.312. The molecule has 1 aliphatic heterocycles. The van der Waals surface area contributed by atoms with Crippen LogP contribution in [0.25, 0.3) is 0 Å². The van der Waals surface area contributed by atoms with Crippen molar-refractivity contribution in [1.82, 2.24) is 19.4 Å². The van der Waals surface area contributed by atoms with Crippen molar-refractivity contribution in [2.75, 3.05) is 60.5 Å². The molecule has 9 nitrogen and oxygen atoms in total. The van der Waals surface area contributed by atoms with Gasteiger partial charge in [0, 0.05) is 46.3 Å². The van der Waals surface area contributed by atoms with Crippen molar-refractivity contribution >= 4 is 15.9 Å². The number of carbonyl (C=O) groups excluding carboxylic acids is 1. The van der Waals surface area contributed by atoms with Crippen molar-refractivity contribution in [2.24, 2.45) is 0 Å². The molecule has 10 heteroatoms. The van der Waals surface area contributed by atoms with E-state index < -0.39 is 22.0 Å². The van der Waals surface area contributed by atoms with Crippen LogP contribution >= 0.6 is 0 Å². The SMILES string of the molecule is CN(C)CCN(C)S(=O)(=O)c1ccccc1OCC(=O)NCC(O)CN1CCc2ccccc2C1. The number of sulfonamides is 1. The van der Waals surface area contributed by atoms with Crippen molar-refractivity contribution < 1.29 is 23.1 Å². The number of amides is 1. The highest BCUT2D eigenvalue weighted by Gasteiger charge is 2.25. The number of ether oxygens (including phenoxy) is 1. The first-order chi connectivity index (χ1) is 16.7. The Bertz CT molecular complexity index is 1090. The molecule has 1 unspecified atom stereocenters. The topological polar surface area (TPSA) is 102 Å². The van der Waals surface area contributed by atoms with Crippen LogP contribution in [0.15, 0.2) is 53.4 Å². The molecule has 0 bridgehead atoms. The zero-order chi connectivity index (χ0) is 25.4. The van der Waals surface area contributed by atoms with Crippen LogP contribution in [0.3, 0.4) is 0 Å². The highest BCUT2D eigenvalue weighted by molar-refractivity contribution is 7.89. The molecule has 1 heterocycles. The van der Waals surface area contributed by atoms with Gasteiger partial charge in [-0.15, -0.1) is 0 Å². The van der Waals surface area contributed by atoms with E-state index in [9.17, 15) is 18.3 Å². The fourth-order valence-electron chi connectivity index (χ4n) is 3.91. The Hall–Kier alpha value is -2.50. The number of fused-ring (bicyclic) bond motifs is 1. The molecule has 3 rings (SSSR count). The molecule has 0 radical (unpaired) electrons. The number of nitrogens with one attached hydrogen (secondary N) is 1. The molecule has 2 aromatic carbocycles. The van der Waals surface area contributed by atoms with E-state index in [4.69, 9.17) is 4.74 Å². The lowest BCUT2D eigenvalue weighted by molar-refractivity contribution is -0.123. The van der Waals surface area contributed by atoms with Gasteiger partial charge in [-0.25, -0.2) is 8.42 Å². The Morgan fingerprint density at radius 3 is 2.51 bits per heavy atom. The average Bonchev–Trinajstić information content (AvgIpc) is 2.84. The van der Waals surface area contributed by atoms with Crippen molar-refractivity contribution in [3.8, 4) is 5.75 Å². The normalized spacial score (nSPS) is 15.1. The molecule has 192 valence electrons. The zero-order valence-electron chi connectivity index (χ0n) is 20.7. The third-order valence-electron chi connectivity index (χ3n) is 5.97. The number of carbonyl (C=O) groups is 1. The molecule has 1 amide bonds.